The Labute approximate surface area is 43.3 Å². The SMILES string of the molecule is C1NNC2CC1C2. The Morgan fingerprint density at radius 1 is 1.29 bits per heavy atom. The summed E-state index contributed by atoms with van der Waals surface area (Å²) in [6.45, 7) is 1.19. The molecule has 0 aromatic rings. The largest absolute Gasteiger partial charge is 0.257 e. The van der Waals surface area contributed by atoms with Crippen LogP contribution >= 0.6 is 0 Å². The number of rotatable bonds is 0. The fraction of sp³-hybridized carbons (Fsp3) is 1.00. The lowest BCUT2D eigenvalue weighted by Gasteiger charge is -2.41. The molecule has 2 N–H and O–H groups in total. The van der Waals surface area contributed by atoms with Gasteiger partial charge in [-0.05, 0) is 18.8 Å². The van der Waals surface area contributed by atoms with Gasteiger partial charge in [0.25, 0.3) is 0 Å². The normalized spacial score (nSPS) is 48.0. The van der Waals surface area contributed by atoms with E-state index >= 15 is 0 Å². The van der Waals surface area contributed by atoms with E-state index in [0.29, 0.717) is 0 Å². The van der Waals surface area contributed by atoms with Gasteiger partial charge in [0.2, 0.25) is 0 Å². The molecule has 2 saturated heterocycles. The van der Waals surface area contributed by atoms with E-state index in [1.54, 1.807) is 0 Å². The van der Waals surface area contributed by atoms with Crippen LogP contribution in [0.1, 0.15) is 12.8 Å². The second-order valence-electron chi connectivity index (χ2n) is 2.56. The number of fused-ring (bicyclic) bond motifs is 2. The molecule has 2 nitrogen and oxygen atoms in total. The average molecular weight is 98.1 g/mol. The van der Waals surface area contributed by atoms with Crippen LogP contribution in [0.4, 0.5) is 0 Å². The van der Waals surface area contributed by atoms with Gasteiger partial charge in [-0.1, -0.05) is 0 Å². The van der Waals surface area contributed by atoms with Gasteiger partial charge < -0.3 is 0 Å². The highest BCUT2D eigenvalue weighted by Crippen LogP contribution is 2.28. The van der Waals surface area contributed by atoms with Crippen LogP contribution in [-0.4, -0.2) is 12.6 Å². The van der Waals surface area contributed by atoms with Crippen molar-refractivity contribution in [3.8, 4) is 0 Å². The van der Waals surface area contributed by atoms with Gasteiger partial charge in [-0.2, -0.15) is 0 Å². The lowest BCUT2D eigenvalue weighted by Crippen LogP contribution is -2.58. The fourth-order valence-corrected chi connectivity index (χ4v) is 1.37. The Kier molecular flexibility index (Phi) is 0.664. The molecule has 0 unspecified atom stereocenters. The maximum Gasteiger partial charge on any atom is 0.0219 e. The average Bonchev–Trinajstić information content (AvgIpc) is 1.67. The van der Waals surface area contributed by atoms with Crippen LogP contribution in [0.3, 0.4) is 0 Å². The Bertz CT molecular complexity index is 62.6. The highest BCUT2D eigenvalue weighted by Gasteiger charge is 2.32. The molecule has 0 spiro atoms. The van der Waals surface area contributed by atoms with Crippen LogP contribution in [0.15, 0.2) is 0 Å². The molecule has 0 atom stereocenters. The molecule has 0 aromatic carbocycles. The molecule has 2 bridgehead atoms. The molecule has 3 aliphatic rings. The first-order valence-electron chi connectivity index (χ1n) is 2.93. The van der Waals surface area contributed by atoms with Gasteiger partial charge in [0, 0.05) is 12.6 Å². The summed E-state index contributed by atoms with van der Waals surface area (Å²) in [5.41, 5.74) is 6.33. The highest BCUT2D eigenvalue weighted by molar-refractivity contribution is 4.88. The zero-order valence-corrected chi connectivity index (χ0v) is 4.28. The van der Waals surface area contributed by atoms with E-state index in [0.717, 1.165) is 12.0 Å². The topological polar surface area (TPSA) is 24.1 Å². The molecule has 3 fully saturated rings. The predicted octanol–water partition coefficient (Wildman–Crippen LogP) is -0.127. The predicted molar refractivity (Wildman–Crippen MR) is 27.7 cm³/mol. The first-order valence-corrected chi connectivity index (χ1v) is 2.93. The van der Waals surface area contributed by atoms with Crippen molar-refractivity contribution in [1.29, 1.82) is 0 Å². The summed E-state index contributed by atoms with van der Waals surface area (Å²) in [4.78, 5) is 0. The van der Waals surface area contributed by atoms with Gasteiger partial charge in [-0.25, -0.2) is 0 Å². The molecule has 3 rings (SSSR count). The second-order valence-corrected chi connectivity index (χ2v) is 2.56. The lowest BCUT2D eigenvalue weighted by atomic mass is 9.79. The number of hydrogen-bond donors (Lipinski definition) is 2. The van der Waals surface area contributed by atoms with E-state index in [4.69, 9.17) is 0 Å². The molecule has 1 saturated carbocycles. The van der Waals surface area contributed by atoms with E-state index in [1.165, 1.54) is 19.4 Å². The zero-order chi connectivity index (χ0) is 4.69. The third kappa shape index (κ3) is 0.469. The highest BCUT2D eigenvalue weighted by atomic mass is 15.4. The monoisotopic (exact) mass is 98.1 g/mol. The Hall–Kier alpha value is -0.0800. The number of hydrogen-bond acceptors (Lipinski definition) is 2. The van der Waals surface area contributed by atoms with Crippen molar-refractivity contribution in [2.24, 2.45) is 5.92 Å². The zero-order valence-electron chi connectivity index (χ0n) is 4.28. The van der Waals surface area contributed by atoms with E-state index in [1.807, 2.05) is 0 Å². The van der Waals surface area contributed by atoms with Crippen molar-refractivity contribution in [1.82, 2.24) is 10.9 Å². The standard InChI is InChI=1S/C5H10N2/c1-4-2-5(1)7-6-3-4/h4-7H,1-3H2. The van der Waals surface area contributed by atoms with Gasteiger partial charge in [0.1, 0.15) is 0 Å². The molecule has 2 aliphatic heterocycles. The van der Waals surface area contributed by atoms with Crippen molar-refractivity contribution in [2.75, 3.05) is 6.54 Å². The van der Waals surface area contributed by atoms with Gasteiger partial charge in [-0.15, -0.1) is 0 Å². The lowest BCUT2D eigenvalue weighted by molar-refractivity contribution is 0.134. The van der Waals surface area contributed by atoms with Crippen LogP contribution in [0.2, 0.25) is 0 Å². The molecular formula is C5H10N2. The third-order valence-electron chi connectivity index (χ3n) is 1.93. The second kappa shape index (κ2) is 1.20. The minimum absolute atomic E-state index is 0.818. The van der Waals surface area contributed by atoms with E-state index in [9.17, 15) is 0 Å². The molecule has 7 heavy (non-hydrogen) atoms. The van der Waals surface area contributed by atoms with Gasteiger partial charge in [-0.3, -0.25) is 10.9 Å². The van der Waals surface area contributed by atoms with Crippen molar-refractivity contribution in [2.45, 2.75) is 18.9 Å². The molecule has 0 amide bonds. The molecule has 40 valence electrons. The summed E-state index contributed by atoms with van der Waals surface area (Å²) in [5, 5.41) is 0. The quantitative estimate of drug-likeness (QED) is 0.441. The first-order chi connectivity index (χ1) is 3.45. The van der Waals surface area contributed by atoms with Crippen molar-refractivity contribution < 1.29 is 0 Å². The van der Waals surface area contributed by atoms with E-state index in [-0.39, 0.29) is 0 Å². The molecule has 1 aliphatic carbocycles. The summed E-state index contributed by atoms with van der Waals surface area (Å²) in [5.74, 6) is 1.01. The van der Waals surface area contributed by atoms with Gasteiger partial charge in [0.15, 0.2) is 0 Å². The third-order valence-corrected chi connectivity index (χ3v) is 1.93. The molecular weight excluding hydrogens is 88.1 g/mol. The summed E-state index contributed by atoms with van der Waals surface area (Å²) < 4.78 is 0. The van der Waals surface area contributed by atoms with E-state index < -0.39 is 0 Å². The maximum absolute atomic E-state index is 3.20. The van der Waals surface area contributed by atoms with Crippen LogP contribution in [0.5, 0.6) is 0 Å². The summed E-state index contributed by atoms with van der Waals surface area (Å²) in [7, 11) is 0. The van der Waals surface area contributed by atoms with Crippen LogP contribution in [0, 0.1) is 5.92 Å². The number of hydrazine groups is 1. The van der Waals surface area contributed by atoms with Crippen molar-refractivity contribution >= 4 is 0 Å². The smallest absolute Gasteiger partial charge is 0.0219 e. The minimum Gasteiger partial charge on any atom is -0.257 e. The summed E-state index contributed by atoms with van der Waals surface area (Å²) in [6, 6.07) is 0.818. The van der Waals surface area contributed by atoms with Crippen LogP contribution in [-0.2, 0) is 0 Å². The fourth-order valence-electron chi connectivity index (χ4n) is 1.37. The summed E-state index contributed by atoms with van der Waals surface area (Å²) >= 11 is 0. The van der Waals surface area contributed by atoms with Gasteiger partial charge >= 0.3 is 0 Å². The Balaban J connectivity index is 1.99. The number of nitrogens with one attached hydrogen (secondary N) is 2. The van der Waals surface area contributed by atoms with E-state index in [2.05, 4.69) is 10.9 Å². The van der Waals surface area contributed by atoms with Crippen molar-refractivity contribution in [3.63, 3.8) is 0 Å². The maximum atomic E-state index is 3.20. The van der Waals surface area contributed by atoms with Crippen LogP contribution in [0.25, 0.3) is 0 Å². The Morgan fingerprint density at radius 3 is 2.29 bits per heavy atom. The molecule has 2 heteroatoms. The van der Waals surface area contributed by atoms with Crippen molar-refractivity contribution in [3.05, 3.63) is 0 Å². The summed E-state index contributed by atoms with van der Waals surface area (Å²) in [6.07, 6.45) is 2.82. The minimum atomic E-state index is 0.818. The Morgan fingerprint density at radius 2 is 2.14 bits per heavy atom. The molecule has 2 heterocycles. The first kappa shape index (κ1) is 3.87. The van der Waals surface area contributed by atoms with Gasteiger partial charge in [0.05, 0.1) is 0 Å². The molecule has 0 aromatic heterocycles. The van der Waals surface area contributed by atoms with Crippen LogP contribution < -0.4 is 10.9 Å². The molecule has 0 radical (unpaired) electrons.